The first-order chi connectivity index (χ1) is 6.81. The Balaban J connectivity index is 2.14. The molecule has 0 bridgehead atoms. The smallest absolute Gasteiger partial charge is 0.0638 e. The molecule has 1 N–H and O–H groups in total. The van der Waals surface area contributed by atoms with Crippen molar-refractivity contribution in [3.8, 4) is 0 Å². The van der Waals surface area contributed by atoms with E-state index in [9.17, 15) is 0 Å². The topological polar surface area (TPSA) is 29.9 Å². The molecule has 1 aliphatic rings. The number of nitrogens with one attached hydrogen (secondary N) is 1. The summed E-state index contributed by atoms with van der Waals surface area (Å²) in [5, 5.41) is 7.76. The maximum Gasteiger partial charge on any atom is 0.0638 e. The van der Waals surface area contributed by atoms with E-state index in [1.54, 1.807) is 0 Å². The molecule has 0 saturated heterocycles. The van der Waals surface area contributed by atoms with E-state index in [4.69, 9.17) is 0 Å². The molecule has 3 heteroatoms. The standard InChI is InChI=1S/C11H19N3/c1-9-10(7-12-2)8-14(13-9)11-5-3-4-6-11/h8,11-12H,3-7H2,1-2H3. The molecule has 1 aromatic heterocycles. The van der Waals surface area contributed by atoms with Crippen molar-refractivity contribution in [3.05, 3.63) is 17.5 Å². The molecule has 2 rings (SSSR count). The van der Waals surface area contributed by atoms with Crippen LogP contribution >= 0.6 is 0 Å². The number of nitrogens with zero attached hydrogens (tertiary/aromatic N) is 2. The highest BCUT2D eigenvalue weighted by Crippen LogP contribution is 2.29. The van der Waals surface area contributed by atoms with Gasteiger partial charge in [0.1, 0.15) is 0 Å². The number of hydrogen-bond acceptors (Lipinski definition) is 2. The summed E-state index contributed by atoms with van der Waals surface area (Å²) in [6.45, 7) is 3.02. The minimum Gasteiger partial charge on any atom is -0.316 e. The second-order valence-electron chi connectivity index (χ2n) is 4.19. The van der Waals surface area contributed by atoms with Crippen LogP contribution in [0.25, 0.3) is 0 Å². The Morgan fingerprint density at radius 1 is 1.50 bits per heavy atom. The van der Waals surface area contributed by atoms with Crippen LogP contribution in [0.1, 0.15) is 43.0 Å². The molecule has 3 nitrogen and oxygen atoms in total. The molecule has 1 aromatic rings. The summed E-state index contributed by atoms with van der Waals surface area (Å²) < 4.78 is 2.18. The Hall–Kier alpha value is -0.830. The summed E-state index contributed by atoms with van der Waals surface area (Å²) in [7, 11) is 1.98. The lowest BCUT2D eigenvalue weighted by Crippen LogP contribution is -2.06. The van der Waals surface area contributed by atoms with Gasteiger partial charge < -0.3 is 5.32 Å². The van der Waals surface area contributed by atoms with Gasteiger partial charge in [-0.25, -0.2) is 0 Å². The van der Waals surface area contributed by atoms with E-state index < -0.39 is 0 Å². The molecule has 1 heterocycles. The maximum absolute atomic E-state index is 4.59. The highest BCUT2D eigenvalue weighted by Gasteiger charge is 2.18. The summed E-state index contributed by atoms with van der Waals surface area (Å²) in [6.07, 6.45) is 7.55. The molecule has 0 unspecified atom stereocenters. The number of aromatic nitrogens is 2. The van der Waals surface area contributed by atoms with Crippen molar-refractivity contribution in [3.63, 3.8) is 0 Å². The zero-order valence-corrected chi connectivity index (χ0v) is 9.08. The SMILES string of the molecule is CNCc1cn(C2CCCC2)nc1C. The average Bonchev–Trinajstić information content (AvgIpc) is 2.76. The molecule has 1 saturated carbocycles. The number of aryl methyl sites for hydroxylation is 1. The van der Waals surface area contributed by atoms with Crippen molar-refractivity contribution in [2.45, 2.75) is 45.2 Å². The van der Waals surface area contributed by atoms with E-state index in [1.165, 1.54) is 36.9 Å². The first-order valence-electron chi connectivity index (χ1n) is 5.50. The molecule has 0 aromatic carbocycles. The van der Waals surface area contributed by atoms with Gasteiger partial charge in [0.2, 0.25) is 0 Å². The third-order valence-corrected chi connectivity index (χ3v) is 3.08. The highest BCUT2D eigenvalue weighted by atomic mass is 15.3. The van der Waals surface area contributed by atoms with Gasteiger partial charge in [0.25, 0.3) is 0 Å². The van der Waals surface area contributed by atoms with Gasteiger partial charge in [0.05, 0.1) is 11.7 Å². The van der Waals surface area contributed by atoms with Crippen LogP contribution in [0.15, 0.2) is 6.20 Å². The van der Waals surface area contributed by atoms with Gasteiger partial charge >= 0.3 is 0 Å². The lowest BCUT2D eigenvalue weighted by atomic mass is 10.2. The van der Waals surface area contributed by atoms with Crippen molar-refractivity contribution >= 4 is 0 Å². The molecular formula is C11H19N3. The number of rotatable bonds is 3. The van der Waals surface area contributed by atoms with E-state index in [-0.39, 0.29) is 0 Å². The fourth-order valence-corrected chi connectivity index (χ4v) is 2.24. The molecular weight excluding hydrogens is 174 g/mol. The Labute approximate surface area is 85.5 Å². The molecule has 0 atom stereocenters. The summed E-state index contributed by atoms with van der Waals surface area (Å²) in [6, 6.07) is 0.666. The van der Waals surface area contributed by atoms with E-state index in [0.29, 0.717) is 6.04 Å². The molecule has 0 radical (unpaired) electrons. The van der Waals surface area contributed by atoms with Gasteiger partial charge in [0.15, 0.2) is 0 Å². The van der Waals surface area contributed by atoms with Crippen LogP contribution in [0.4, 0.5) is 0 Å². The van der Waals surface area contributed by atoms with Crippen LogP contribution in [-0.2, 0) is 6.54 Å². The van der Waals surface area contributed by atoms with Crippen molar-refractivity contribution in [1.29, 1.82) is 0 Å². The van der Waals surface area contributed by atoms with Crippen LogP contribution < -0.4 is 5.32 Å². The zero-order chi connectivity index (χ0) is 9.97. The summed E-state index contributed by atoms with van der Waals surface area (Å²) in [5.41, 5.74) is 2.51. The largest absolute Gasteiger partial charge is 0.316 e. The second kappa shape index (κ2) is 4.13. The molecule has 14 heavy (non-hydrogen) atoms. The maximum atomic E-state index is 4.59. The molecule has 0 amide bonds. The van der Waals surface area contributed by atoms with Gasteiger partial charge in [-0.3, -0.25) is 4.68 Å². The minimum atomic E-state index is 0.666. The molecule has 1 fully saturated rings. The summed E-state index contributed by atoms with van der Waals surface area (Å²) in [4.78, 5) is 0. The van der Waals surface area contributed by atoms with E-state index in [2.05, 4.69) is 28.2 Å². The van der Waals surface area contributed by atoms with Gasteiger partial charge in [0, 0.05) is 18.3 Å². The Bertz CT molecular complexity index is 297. The van der Waals surface area contributed by atoms with Crippen molar-refractivity contribution in [2.75, 3.05) is 7.05 Å². The molecule has 0 spiro atoms. The fraction of sp³-hybridized carbons (Fsp3) is 0.727. The summed E-state index contributed by atoms with van der Waals surface area (Å²) >= 11 is 0. The van der Waals surface area contributed by atoms with Gasteiger partial charge in [-0.05, 0) is 26.8 Å². The van der Waals surface area contributed by atoms with E-state index >= 15 is 0 Å². The van der Waals surface area contributed by atoms with Gasteiger partial charge in [-0.15, -0.1) is 0 Å². The summed E-state index contributed by atoms with van der Waals surface area (Å²) in [5.74, 6) is 0. The second-order valence-corrected chi connectivity index (χ2v) is 4.19. The van der Waals surface area contributed by atoms with Gasteiger partial charge in [-0.2, -0.15) is 5.10 Å². The van der Waals surface area contributed by atoms with E-state index in [0.717, 1.165) is 6.54 Å². The number of hydrogen-bond donors (Lipinski definition) is 1. The third-order valence-electron chi connectivity index (χ3n) is 3.08. The fourth-order valence-electron chi connectivity index (χ4n) is 2.24. The van der Waals surface area contributed by atoms with Gasteiger partial charge in [-0.1, -0.05) is 12.8 Å². The predicted molar refractivity (Wildman–Crippen MR) is 57.2 cm³/mol. The first kappa shape index (κ1) is 9.71. The molecule has 78 valence electrons. The Morgan fingerprint density at radius 3 is 2.86 bits per heavy atom. The minimum absolute atomic E-state index is 0.666. The lowest BCUT2D eigenvalue weighted by Gasteiger charge is -2.08. The van der Waals surface area contributed by atoms with Crippen molar-refractivity contribution in [2.24, 2.45) is 0 Å². The third kappa shape index (κ3) is 1.82. The van der Waals surface area contributed by atoms with Crippen LogP contribution in [0, 0.1) is 6.92 Å². The van der Waals surface area contributed by atoms with Crippen molar-refractivity contribution in [1.82, 2.24) is 15.1 Å². The predicted octanol–water partition coefficient (Wildman–Crippen LogP) is 2.03. The quantitative estimate of drug-likeness (QED) is 0.796. The zero-order valence-electron chi connectivity index (χ0n) is 9.08. The highest BCUT2D eigenvalue weighted by molar-refractivity contribution is 5.15. The average molecular weight is 193 g/mol. The Morgan fingerprint density at radius 2 is 2.21 bits per heavy atom. The molecule has 0 aliphatic heterocycles. The van der Waals surface area contributed by atoms with Crippen LogP contribution in [0.2, 0.25) is 0 Å². The normalized spacial score (nSPS) is 17.9. The van der Waals surface area contributed by atoms with E-state index in [1.807, 2.05) is 7.05 Å². The Kier molecular flexibility index (Phi) is 2.87. The first-order valence-corrected chi connectivity index (χ1v) is 5.50. The monoisotopic (exact) mass is 193 g/mol. The van der Waals surface area contributed by atoms with Crippen LogP contribution in [0.3, 0.4) is 0 Å². The lowest BCUT2D eigenvalue weighted by molar-refractivity contribution is 0.464. The van der Waals surface area contributed by atoms with Crippen molar-refractivity contribution < 1.29 is 0 Å². The van der Waals surface area contributed by atoms with Crippen LogP contribution in [-0.4, -0.2) is 16.8 Å². The molecule has 1 aliphatic carbocycles. The van der Waals surface area contributed by atoms with Crippen LogP contribution in [0.5, 0.6) is 0 Å².